The SMILES string of the molecule is CCCCCCCC(=O)N[C@H](CN1CCCC1)[C@@H](O)c1ccc2c(c1)OCCO2. The highest BCUT2D eigenvalue weighted by Crippen LogP contribution is 2.33. The second-order valence-corrected chi connectivity index (χ2v) is 8.19. The first-order chi connectivity index (χ1) is 14.2. The van der Waals surface area contributed by atoms with Gasteiger partial charge in [-0.2, -0.15) is 0 Å². The number of aliphatic hydroxyl groups excluding tert-OH is 1. The van der Waals surface area contributed by atoms with Crippen LogP contribution < -0.4 is 14.8 Å². The Labute approximate surface area is 174 Å². The van der Waals surface area contributed by atoms with E-state index < -0.39 is 6.10 Å². The lowest BCUT2D eigenvalue weighted by Crippen LogP contribution is -2.46. The molecule has 0 bridgehead atoms. The third-order valence-electron chi connectivity index (χ3n) is 5.80. The molecule has 2 N–H and O–H groups in total. The first-order valence-electron chi connectivity index (χ1n) is 11.3. The van der Waals surface area contributed by atoms with Crippen molar-refractivity contribution in [3.05, 3.63) is 23.8 Å². The fourth-order valence-corrected chi connectivity index (χ4v) is 4.11. The Morgan fingerprint density at radius 2 is 1.83 bits per heavy atom. The van der Waals surface area contributed by atoms with E-state index in [-0.39, 0.29) is 11.9 Å². The second kappa shape index (κ2) is 11.4. The zero-order valence-corrected chi connectivity index (χ0v) is 17.7. The summed E-state index contributed by atoms with van der Waals surface area (Å²) in [4.78, 5) is 14.9. The zero-order valence-electron chi connectivity index (χ0n) is 17.7. The molecular formula is C23H36N2O4. The van der Waals surface area contributed by atoms with Crippen LogP contribution in [0.1, 0.15) is 70.0 Å². The van der Waals surface area contributed by atoms with E-state index in [1.165, 1.54) is 32.1 Å². The molecule has 2 heterocycles. The molecular weight excluding hydrogens is 368 g/mol. The average Bonchev–Trinajstić information content (AvgIpc) is 3.25. The predicted molar refractivity (Wildman–Crippen MR) is 113 cm³/mol. The maximum Gasteiger partial charge on any atom is 0.220 e. The summed E-state index contributed by atoms with van der Waals surface area (Å²) in [6.45, 7) is 5.96. The first kappa shape index (κ1) is 21.9. The number of fused-ring (bicyclic) bond motifs is 1. The van der Waals surface area contributed by atoms with Crippen molar-refractivity contribution in [3.63, 3.8) is 0 Å². The van der Waals surface area contributed by atoms with Crippen molar-refractivity contribution in [1.29, 1.82) is 0 Å². The third kappa shape index (κ3) is 6.61. The average molecular weight is 405 g/mol. The van der Waals surface area contributed by atoms with Crippen molar-refractivity contribution in [2.45, 2.75) is 70.4 Å². The lowest BCUT2D eigenvalue weighted by molar-refractivity contribution is -0.123. The molecule has 1 amide bonds. The maximum absolute atomic E-state index is 12.5. The molecule has 1 fully saturated rings. The lowest BCUT2D eigenvalue weighted by Gasteiger charge is -2.29. The van der Waals surface area contributed by atoms with E-state index in [9.17, 15) is 9.90 Å². The largest absolute Gasteiger partial charge is 0.486 e. The molecule has 0 aromatic heterocycles. The van der Waals surface area contributed by atoms with Crippen LogP contribution in [0, 0.1) is 0 Å². The van der Waals surface area contributed by atoms with Crippen molar-refractivity contribution in [3.8, 4) is 11.5 Å². The molecule has 2 aliphatic rings. The van der Waals surface area contributed by atoms with Crippen LogP contribution in [0.15, 0.2) is 18.2 Å². The topological polar surface area (TPSA) is 71.0 Å². The molecule has 0 radical (unpaired) electrons. The maximum atomic E-state index is 12.5. The van der Waals surface area contributed by atoms with Crippen molar-refractivity contribution in [1.82, 2.24) is 10.2 Å². The molecule has 1 aromatic rings. The molecule has 2 aliphatic heterocycles. The van der Waals surface area contributed by atoms with Crippen LogP contribution in [0.2, 0.25) is 0 Å². The number of ether oxygens (including phenoxy) is 2. The molecule has 3 rings (SSSR count). The minimum atomic E-state index is -0.782. The monoisotopic (exact) mass is 404 g/mol. The number of benzene rings is 1. The lowest BCUT2D eigenvalue weighted by atomic mass is 10.0. The molecule has 1 saturated heterocycles. The number of amides is 1. The van der Waals surface area contributed by atoms with Crippen LogP contribution >= 0.6 is 0 Å². The van der Waals surface area contributed by atoms with Crippen LogP contribution in [0.4, 0.5) is 0 Å². The predicted octanol–water partition coefficient (Wildman–Crippen LogP) is 3.43. The van der Waals surface area contributed by atoms with E-state index in [2.05, 4.69) is 17.1 Å². The summed E-state index contributed by atoms with van der Waals surface area (Å²) in [7, 11) is 0. The van der Waals surface area contributed by atoms with Gasteiger partial charge in [0.05, 0.1) is 6.04 Å². The van der Waals surface area contributed by atoms with Gasteiger partial charge in [0.15, 0.2) is 11.5 Å². The summed E-state index contributed by atoms with van der Waals surface area (Å²) < 4.78 is 11.2. The first-order valence-corrected chi connectivity index (χ1v) is 11.3. The molecule has 0 saturated carbocycles. The van der Waals surface area contributed by atoms with Gasteiger partial charge in [0.1, 0.15) is 19.3 Å². The van der Waals surface area contributed by atoms with E-state index >= 15 is 0 Å². The molecule has 6 heteroatoms. The van der Waals surface area contributed by atoms with Crippen LogP contribution in [-0.2, 0) is 4.79 Å². The number of nitrogens with one attached hydrogen (secondary N) is 1. The molecule has 0 unspecified atom stereocenters. The molecule has 29 heavy (non-hydrogen) atoms. The van der Waals surface area contributed by atoms with Gasteiger partial charge in [0.25, 0.3) is 0 Å². The van der Waals surface area contributed by atoms with Gasteiger partial charge in [-0.15, -0.1) is 0 Å². The van der Waals surface area contributed by atoms with Crippen molar-refractivity contribution in [2.24, 2.45) is 0 Å². The molecule has 2 atom stereocenters. The number of hydrogen-bond acceptors (Lipinski definition) is 5. The number of carbonyl (C=O) groups excluding carboxylic acids is 1. The summed E-state index contributed by atoms with van der Waals surface area (Å²) in [5.74, 6) is 1.40. The molecule has 1 aromatic carbocycles. The zero-order chi connectivity index (χ0) is 20.5. The third-order valence-corrected chi connectivity index (χ3v) is 5.80. The summed E-state index contributed by atoms with van der Waals surface area (Å²) in [6, 6.07) is 5.22. The number of likely N-dealkylation sites (tertiary alicyclic amines) is 1. The summed E-state index contributed by atoms with van der Waals surface area (Å²) in [6.07, 6.45) is 7.69. The Bertz CT molecular complexity index is 646. The normalized spacial score (nSPS) is 18.4. The van der Waals surface area contributed by atoms with Crippen LogP contribution in [0.5, 0.6) is 11.5 Å². The number of aliphatic hydroxyl groups is 1. The Kier molecular flexibility index (Phi) is 8.62. The molecule has 0 aliphatic carbocycles. The fraction of sp³-hybridized carbons (Fsp3) is 0.696. The smallest absolute Gasteiger partial charge is 0.220 e. The summed E-state index contributed by atoms with van der Waals surface area (Å²) in [5, 5.41) is 14.2. The van der Waals surface area contributed by atoms with E-state index in [0.717, 1.165) is 31.5 Å². The van der Waals surface area contributed by atoms with E-state index in [4.69, 9.17) is 9.47 Å². The van der Waals surface area contributed by atoms with Crippen molar-refractivity contribution < 1.29 is 19.4 Å². The Morgan fingerprint density at radius 3 is 2.59 bits per heavy atom. The van der Waals surface area contributed by atoms with Gasteiger partial charge < -0.3 is 24.8 Å². The number of rotatable bonds is 11. The highest BCUT2D eigenvalue weighted by Gasteiger charge is 2.27. The summed E-state index contributed by atoms with van der Waals surface area (Å²) >= 11 is 0. The standard InChI is InChI=1S/C23H36N2O4/c1-2-3-4-5-6-9-22(26)24-19(17-25-12-7-8-13-25)23(27)18-10-11-20-21(16-18)29-15-14-28-20/h10-11,16,19,23,27H,2-9,12-15,17H2,1H3,(H,24,26)/t19-,23+/m1/s1. The molecule has 0 spiro atoms. The van der Waals surface area contributed by atoms with Gasteiger partial charge in [0, 0.05) is 13.0 Å². The minimum absolute atomic E-state index is 0.0299. The molecule has 162 valence electrons. The van der Waals surface area contributed by atoms with Crippen molar-refractivity contribution >= 4 is 5.91 Å². The summed E-state index contributed by atoms with van der Waals surface area (Å²) in [5.41, 5.74) is 0.752. The van der Waals surface area contributed by atoms with Gasteiger partial charge in [-0.05, 0) is 50.0 Å². The highest BCUT2D eigenvalue weighted by molar-refractivity contribution is 5.76. The van der Waals surface area contributed by atoms with Gasteiger partial charge in [-0.1, -0.05) is 38.7 Å². The van der Waals surface area contributed by atoms with Gasteiger partial charge in [-0.25, -0.2) is 0 Å². The van der Waals surface area contributed by atoms with Crippen LogP contribution in [0.3, 0.4) is 0 Å². The molecule has 6 nitrogen and oxygen atoms in total. The second-order valence-electron chi connectivity index (χ2n) is 8.19. The highest BCUT2D eigenvalue weighted by atomic mass is 16.6. The van der Waals surface area contributed by atoms with E-state index in [1.54, 1.807) is 0 Å². The number of hydrogen-bond donors (Lipinski definition) is 2. The van der Waals surface area contributed by atoms with Gasteiger partial charge in [0.2, 0.25) is 5.91 Å². The fourth-order valence-electron chi connectivity index (χ4n) is 4.11. The van der Waals surface area contributed by atoms with Gasteiger partial charge >= 0.3 is 0 Å². The quantitative estimate of drug-likeness (QED) is 0.553. The number of carbonyl (C=O) groups is 1. The Morgan fingerprint density at radius 1 is 1.10 bits per heavy atom. The number of unbranched alkanes of at least 4 members (excludes halogenated alkanes) is 4. The van der Waals surface area contributed by atoms with Gasteiger partial charge in [-0.3, -0.25) is 4.79 Å². The Hall–Kier alpha value is -1.79. The van der Waals surface area contributed by atoms with E-state index in [1.807, 2.05) is 18.2 Å². The van der Waals surface area contributed by atoms with E-state index in [0.29, 0.717) is 37.7 Å². The van der Waals surface area contributed by atoms with Crippen LogP contribution in [0.25, 0.3) is 0 Å². The van der Waals surface area contributed by atoms with Crippen molar-refractivity contribution in [2.75, 3.05) is 32.8 Å². The van der Waals surface area contributed by atoms with Crippen LogP contribution in [-0.4, -0.2) is 54.8 Å². The minimum Gasteiger partial charge on any atom is -0.486 e. The number of nitrogens with zero attached hydrogens (tertiary/aromatic N) is 1. The Balaban J connectivity index is 1.61.